The Balaban J connectivity index is 1.08. The SMILES string of the molecule is Cc1nc(N2CCC(C#N)(c3ccccc3)CC2)nc(C)c1-c1ccc(F)c(COc2ccc3c(c2)CC2C(C(=O)O)C32)c1F. The molecule has 1 saturated heterocycles. The van der Waals surface area contributed by atoms with E-state index < -0.39 is 23.0 Å². The molecule has 0 radical (unpaired) electrons. The molecule has 2 heterocycles. The highest BCUT2D eigenvalue weighted by atomic mass is 19.1. The highest BCUT2D eigenvalue weighted by Gasteiger charge is 2.59. The number of anilines is 1. The highest BCUT2D eigenvalue weighted by molar-refractivity contribution is 5.78. The number of aryl methyl sites for hydroxylation is 2. The first kappa shape index (κ1) is 28.9. The normalized spacial score (nSPS) is 21.0. The molecule has 9 heteroatoms. The van der Waals surface area contributed by atoms with Crippen LogP contribution in [0.15, 0.2) is 60.7 Å². The predicted octanol–water partition coefficient (Wildman–Crippen LogP) is 6.65. The van der Waals surface area contributed by atoms with Gasteiger partial charge < -0.3 is 14.7 Å². The van der Waals surface area contributed by atoms with Crippen molar-refractivity contribution < 1.29 is 23.4 Å². The number of ether oxygens (including phenoxy) is 1. The number of carboxylic acids is 1. The second-order valence-corrected chi connectivity index (χ2v) is 12.4. The summed E-state index contributed by atoms with van der Waals surface area (Å²) in [5.74, 6) is -1.31. The first-order valence-electron chi connectivity index (χ1n) is 15.2. The Morgan fingerprint density at radius 1 is 1.07 bits per heavy atom. The van der Waals surface area contributed by atoms with Gasteiger partial charge in [-0.1, -0.05) is 36.4 Å². The fourth-order valence-electron chi connectivity index (χ4n) is 7.44. The van der Waals surface area contributed by atoms with Crippen molar-refractivity contribution in [3.05, 3.63) is 106 Å². The van der Waals surface area contributed by atoms with Crippen LogP contribution in [0, 0.1) is 48.6 Å². The van der Waals surface area contributed by atoms with Crippen molar-refractivity contribution in [1.82, 2.24) is 9.97 Å². The minimum Gasteiger partial charge on any atom is -0.489 e. The zero-order valence-electron chi connectivity index (χ0n) is 25.1. The molecule has 3 aliphatic rings. The van der Waals surface area contributed by atoms with Crippen LogP contribution in [0.1, 0.15) is 52.4 Å². The van der Waals surface area contributed by atoms with Crippen molar-refractivity contribution in [2.75, 3.05) is 18.0 Å². The van der Waals surface area contributed by atoms with E-state index >= 15 is 4.39 Å². The van der Waals surface area contributed by atoms with Gasteiger partial charge in [0.15, 0.2) is 0 Å². The van der Waals surface area contributed by atoms with Gasteiger partial charge >= 0.3 is 5.97 Å². The van der Waals surface area contributed by atoms with Crippen LogP contribution in [-0.4, -0.2) is 34.1 Å². The van der Waals surface area contributed by atoms with E-state index in [0.717, 1.165) is 16.7 Å². The lowest BCUT2D eigenvalue weighted by atomic mass is 9.74. The van der Waals surface area contributed by atoms with Gasteiger partial charge in [-0.2, -0.15) is 5.26 Å². The van der Waals surface area contributed by atoms with Crippen molar-refractivity contribution >= 4 is 11.9 Å². The van der Waals surface area contributed by atoms with Gasteiger partial charge in [-0.3, -0.25) is 4.79 Å². The number of benzene rings is 3. The topological polar surface area (TPSA) is 99.3 Å². The number of aromatic nitrogens is 2. The van der Waals surface area contributed by atoms with Crippen LogP contribution in [0.4, 0.5) is 14.7 Å². The predicted molar refractivity (Wildman–Crippen MR) is 164 cm³/mol. The molecule has 7 rings (SSSR count). The van der Waals surface area contributed by atoms with Gasteiger partial charge in [0.2, 0.25) is 5.95 Å². The Morgan fingerprint density at radius 3 is 2.44 bits per heavy atom. The van der Waals surface area contributed by atoms with E-state index in [1.54, 1.807) is 19.9 Å². The number of fused-ring (bicyclic) bond motifs is 3. The molecule has 2 fully saturated rings. The minimum atomic E-state index is -0.760. The first-order chi connectivity index (χ1) is 21.7. The maximum absolute atomic E-state index is 15.9. The van der Waals surface area contributed by atoms with Gasteiger partial charge in [0.1, 0.15) is 24.0 Å². The zero-order valence-corrected chi connectivity index (χ0v) is 25.1. The largest absolute Gasteiger partial charge is 0.489 e. The molecular weight excluding hydrogens is 574 g/mol. The summed E-state index contributed by atoms with van der Waals surface area (Å²) in [5.41, 5.74) is 4.20. The summed E-state index contributed by atoms with van der Waals surface area (Å²) in [7, 11) is 0. The lowest BCUT2D eigenvalue weighted by Gasteiger charge is -2.37. The summed E-state index contributed by atoms with van der Waals surface area (Å²) in [6, 6.07) is 20.5. The molecule has 1 aromatic heterocycles. The molecule has 3 unspecified atom stereocenters. The van der Waals surface area contributed by atoms with E-state index in [1.807, 2.05) is 42.5 Å². The quantitative estimate of drug-likeness (QED) is 0.252. The first-order valence-corrected chi connectivity index (χ1v) is 15.2. The molecule has 7 nitrogen and oxygen atoms in total. The van der Waals surface area contributed by atoms with Crippen molar-refractivity contribution in [3.63, 3.8) is 0 Å². The maximum atomic E-state index is 15.9. The van der Waals surface area contributed by atoms with E-state index in [1.165, 1.54) is 12.1 Å². The van der Waals surface area contributed by atoms with Gasteiger partial charge in [0.05, 0.1) is 34.4 Å². The number of nitrogens with zero attached hydrogens (tertiary/aromatic N) is 4. The van der Waals surface area contributed by atoms with Crippen molar-refractivity contribution in [3.8, 4) is 22.9 Å². The van der Waals surface area contributed by atoms with Gasteiger partial charge in [-0.25, -0.2) is 18.7 Å². The number of hydrogen-bond donors (Lipinski definition) is 1. The Hall–Kier alpha value is -4.84. The molecular formula is C36H32F2N4O3. The molecule has 3 aromatic carbocycles. The van der Waals surface area contributed by atoms with Gasteiger partial charge in [-0.05, 0) is 80.0 Å². The number of carboxylic acid groups (broad SMARTS) is 1. The Bertz CT molecular complexity index is 1840. The monoisotopic (exact) mass is 606 g/mol. The number of piperidine rings is 1. The average Bonchev–Trinajstić information content (AvgIpc) is 3.64. The standard InChI is InChI=1S/C36H32F2N4O3/c1-20-30(21(2)41-35(40-20)42-14-12-36(19-39,13-15-42)23-6-4-3-5-7-23)26-10-11-29(37)28(33(26)38)18-45-24-8-9-25-22(16-24)17-27-31(25)32(27)34(43)44/h3-11,16,27,31-32H,12-15,17-18H2,1-2H3,(H,43,44). The third kappa shape index (κ3) is 4.89. The molecule has 1 N–H and O–H groups in total. The Labute approximate surface area is 260 Å². The van der Waals surface area contributed by atoms with Crippen molar-refractivity contribution in [1.29, 1.82) is 5.26 Å². The third-order valence-electron chi connectivity index (χ3n) is 9.92. The van der Waals surface area contributed by atoms with E-state index in [9.17, 15) is 19.6 Å². The lowest BCUT2D eigenvalue weighted by Crippen LogP contribution is -2.42. The summed E-state index contributed by atoms with van der Waals surface area (Å²) < 4.78 is 36.7. The minimum absolute atomic E-state index is 0.0495. The van der Waals surface area contributed by atoms with Crippen LogP contribution in [-0.2, 0) is 23.2 Å². The number of nitriles is 1. The Kier molecular flexibility index (Phi) is 7.03. The van der Waals surface area contributed by atoms with Crippen LogP contribution < -0.4 is 9.64 Å². The summed E-state index contributed by atoms with van der Waals surface area (Å²) in [6.45, 7) is 4.50. The van der Waals surface area contributed by atoms with Gasteiger partial charge in [0.25, 0.3) is 0 Å². The van der Waals surface area contributed by atoms with Crippen LogP contribution in [0.3, 0.4) is 0 Å². The second kappa shape index (κ2) is 11.0. The Morgan fingerprint density at radius 2 is 1.78 bits per heavy atom. The van der Waals surface area contributed by atoms with Crippen molar-refractivity contribution in [2.24, 2.45) is 11.8 Å². The molecule has 1 aliphatic heterocycles. The molecule has 0 amide bonds. The highest BCUT2D eigenvalue weighted by Crippen LogP contribution is 2.61. The van der Waals surface area contributed by atoms with Crippen LogP contribution in [0.5, 0.6) is 5.75 Å². The lowest BCUT2D eigenvalue weighted by molar-refractivity contribution is -0.139. The fraction of sp³-hybridized carbons (Fsp3) is 0.333. The summed E-state index contributed by atoms with van der Waals surface area (Å²) in [4.78, 5) is 22.9. The van der Waals surface area contributed by atoms with Crippen LogP contribution in [0.25, 0.3) is 11.1 Å². The molecule has 3 atom stereocenters. The van der Waals surface area contributed by atoms with Crippen LogP contribution in [0.2, 0.25) is 0 Å². The second-order valence-electron chi connectivity index (χ2n) is 12.4. The zero-order chi connectivity index (χ0) is 31.5. The molecule has 45 heavy (non-hydrogen) atoms. The maximum Gasteiger partial charge on any atom is 0.307 e. The summed E-state index contributed by atoms with van der Waals surface area (Å²) in [5, 5.41) is 19.4. The van der Waals surface area contributed by atoms with E-state index in [2.05, 4.69) is 11.0 Å². The summed E-state index contributed by atoms with van der Waals surface area (Å²) in [6.07, 6.45) is 1.95. The summed E-state index contributed by atoms with van der Waals surface area (Å²) >= 11 is 0. The molecule has 0 bridgehead atoms. The van der Waals surface area contributed by atoms with E-state index in [4.69, 9.17) is 14.7 Å². The fourth-order valence-corrected chi connectivity index (χ4v) is 7.44. The van der Waals surface area contributed by atoms with Crippen molar-refractivity contribution in [2.45, 2.75) is 51.0 Å². The van der Waals surface area contributed by atoms with Gasteiger partial charge in [-0.15, -0.1) is 0 Å². The number of halogens is 2. The third-order valence-corrected chi connectivity index (χ3v) is 9.92. The average molecular weight is 607 g/mol. The molecule has 0 spiro atoms. The van der Waals surface area contributed by atoms with E-state index in [-0.39, 0.29) is 35.5 Å². The number of rotatable bonds is 7. The molecule has 228 valence electrons. The van der Waals surface area contributed by atoms with Crippen LogP contribution >= 0.6 is 0 Å². The smallest absolute Gasteiger partial charge is 0.307 e. The molecule has 4 aromatic rings. The van der Waals surface area contributed by atoms with E-state index in [0.29, 0.717) is 61.0 Å². The number of hydrogen-bond acceptors (Lipinski definition) is 6. The van der Waals surface area contributed by atoms with Gasteiger partial charge in [0, 0.05) is 30.1 Å². The molecule has 1 saturated carbocycles. The number of carbonyl (C=O) groups is 1. The molecule has 2 aliphatic carbocycles. The number of aliphatic carboxylic acids is 1.